The van der Waals surface area contributed by atoms with Gasteiger partial charge in [0, 0.05) is 25.2 Å². The topological polar surface area (TPSA) is 41.6 Å². The van der Waals surface area contributed by atoms with E-state index in [2.05, 4.69) is 16.3 Å². The van der Waals surface area contributed by atoms with Gasteiger partial charge in [-0.15, -0.1) is 0 Å². The van der Waals surface area contributed by atoms with E-state index in [1.54, 1.807) is 6.07 Å². The fourth-order valence-corrected chi connectivity index (χ4v) is 5.32. The van der Waals surface area contributed by atoms with E-state index in [0.29, 0.717) is 0 Å². The molecule has 1 saturated carbocycles. The highest BCUT2D eigenvalue weighted by molar-refractivity contribution is 5.95. The number of likely N-dealkylation sites (tertiary alicyclic amines) is 1. The van der Waals surface area contributed by atoms with Crippen LogP contribution < -0.4 is 10.1 Å². The first kappa shape index (κ1) is 21.4. The first-order valence-corrected chi connectivity index (χ1v) is 12.1. The minimum atomic E-state index is -0.494. The first-order valence-electron chi connectivity index (χ1n) is 12.1. The monoisotopic (exact) mass is 436 g/mol. The number of ether oxygens (including phenoxy) is 1. The van der Waals surface area contributed by atoms with Crippen molar-refractivity contribution in [1.29, 1.82) is 0 Å². The summed E-state index contributed by atoms with van der Waals surface area (Å²) in [7, 11) is 0. The second-order valence-corrected chi connectivity index (χ2v) is 10.1. The van der Waals surface area contributed by atoms with Crippen molar-refractivity contribution in [1.82, 2.24) is 10.2 Å². The number of hydrogen-bond acceptors (Lipinski definition) is 3. The predicted octanol–water partition coefficient (Wildman–Crippen LogP) is 5.34. The maximum atomic E-state index is 14.6. The Morgan fingerprint density at radius 1 is 1.09 bits per heavy atom. The van der Waals surface area contributed by atoms with Crippen molar-refractivity contribution in [2.45, 2.75) is 76.5 Å². The Balaban J connectivity index is 1.29. The van der Waals surface area contributed by atoms with Crippen LogP contribution in [-0.2, 0) is 6.42 Å². The van der Waals surface area contributed by atoms with Gasteiger partial charge in [0.15, 0.2) is 0 Å². The molecule has 0 aromatic heterocycles. The third-order valence-electron chi connectivity index (χ3n) is 7.50. The first-order chi connectivity index (χ1) is 15.4. The summed E-state index contributed by atoms with van der Waals surface area (Å²) in [5.41, 5.74) is 2.99. The molecule has 1 spiro atoms. The van der Waals surface area contributed by atoms with Gasteiger partial charge in [0.1, 0.15) is 17.2 Å². The second kappa shape index (κ2) is 8.51. The molecular formula is C27H33FN2O2. The molecule has 2 heterocycles. The van der Waals surface area contributed by atoms with Gasteiger partial charge in [-0.05, 0) is 93.3 Å². The highest BCUT2D eigenvalue weighted by Crippen LogP contribution is 2.42. The number of nitrogens with one attached hydrogen (secondary N) is 1. The highest BCUT2D eigenvalue weighted by atomic mass is 19.1. The minimum Gasteiger partial charge on any atom is -0.487 e. The van der Waals surface area contributed by atoms with Gasteiger partial charge in [-0.3, -0.25) is 4.79 Å². The largest absolute Gasteiger partial charge is 0.487 e. The molecule has 0 bridgehead atoms. The average molecular weight is 437 g/mol. The Hall–Kier alpha value is -2.40. The van der Waals surface area contributed by atoms with E-state index in [-0.39, 0.29) is 23.1 Å². The molecular weight excluding hydrogens is 403 g/mol. The van der Waals surface area contributed by atoms with Gasteiger partial charge in [0.05, 0.1) is 5.56 Å². The molecule has 1 aliphatic carbocycles. The fraction of sp³-hybridized carbons (Fsp3) is 0.519. The van der Waals surface area contributed by atoms with Crippen LogP contribution in [0.3, 0.4) is 0 Å². The minimum absolute atomic E-state index is 0.0215. The lowest BCUT2D eigenvalue weighted by Gasteiger charge is -2.48. The Morgan fingerprint density at radius 3 is 2.47 bits per heavy atom. The van der Waals surface area contributed by atoms with Crippen molar-refractivity contribution in [3.05, 3.63) is 53.3 Å². The van der Waals surface area contributed by atoms with Gasteiger partial charge in [0.2, 0.25) is 0 Å². The van der Waals surface area contributed by atoms with E-state index in [1.165, 1.54) is 30.9 Å². The van der Waals surface area contributed by atoms with Crippen LogP contribution >= 0.6 is 0 Å². The third-order valence-corrected chi connectivity index (χ3v) is 7.50. The number of aryl methyl sites for hydroxylation is 1. The summed E-state index contributed by atoms with van der Waals surface area (Å²) < 4.78 is 21.2. The number of nitrogens with zero attached hydrogens (tertiary/aromatic N) is 1. The number of fused-ring (bicyclic) bond motifs is 1. The lowest BCUT2D eigenvalue weighted by molar-refractivity contribution is -0.0336. The zero-order chi connectivity index (χ0) is 22.3. The lowest BCUT2D eigenvalue weighted by atomic mass is 9.81. The van der Waals surface area contributed by atoms with Gasteiger partial charge >= 0.3 is 0 Å². The number of piperidine rings is 1. The van der Waals surface area contributed by atoms with Crippen LogP contribution in [0, 0.1) is 5.82 Å². The summed E-state index contributed by atoms with van der Waals surface area (Å²) in [4.78, 5) is 14.8. The molecule has 1 amide bonds. The number of benzene rings is 2. The van der Waals surface area contributed by atoms with Crippen LogP contribution in [-0.4, -0.2) is 41.6 Å². The Morgan fingerprint density at radius 2 is 1.81 bits per heavy atom. The molecule has 170 valence electrons. The zero-order valence-corrected chi connectivity index (χ0v) is 19.1. The molecule has 2 aromatic rings. The van der Waals surface area contributed by atoms with Gasteiger partial charge in [0.25, 0.3) is 5.91 Å². The summed E-state index contributed by atoms with van der Waals surface area (Å²) in [6.45, 7) is 6.02. The summed E-state index contributed by atoms with van der Waals surface area (Å²) in [6, 6.07) is 11.8. The molecule has 32 heavy (non-hydrogen) atoms. The Bertz CT molecular complexity index is 1010. The molecule has 1 saturated heterocycles. The van der Waals surface area contributed by atoms with Crippen LogP contribution in [0.4, 0.5) is 4.39 Å². The van der Waals surface area contributed by atoms with E-state index in [9.17, 15) is 9.18 Å². The standard InChI is InChI=1S/C27H33FN2O2/c1-18(2)29-26(31)23-8-6-20(17-24(23)28)19-7-9-25-21(16-19)10-11-27(32-25)12-14-30(15-13-27)22-4-3-5-22/h6-9,16-18,22H,3-5,10-15H2,1-2H3,(H,29,31). The van der Waals surface area contributed by atoms with Gasteiger partial charge in [-0.1, -0.05) is 18.6 Å². The Kier molecular flexibility index (Phi) is 5.70. The van der Waals surface area contributed by atoms with E-state index >= 15 is 0 Å². The molecule has 0 unspecified atom stereocenters. The molecule has 2 fully saturated rings. The normalized spacial score (nSPS) is 20.5. The zero-order valence-electron chi connectivity index (χ0n) is 19.1. The summed E-state index contributed by atoms with van der Waals surface area (Å²) in [5, 5.41) is 2.75. The molecule has 5 rings (SSSR count). The molecule has 0 radical (unpaired) electrons. The number of amides is 1. The van der Waals surface area contributed by atoms with Crippen molar-refractivity contribution in [3.8, 4) is 16.9 Å². The van der Waals surface area contributed by atoms with Crippen molar-refractivity contribution in [2.24, 2.45) is 0 Å². The van der Waals surface area contributed by atoms with Crippen LogP contribution in [0.25, 0.3) is 11.1 Å². The number of rotatable bonds is 4. The van der Waals surface area contributed by atoms with Crippen molar-refractivity contribution in [3.63, 3.8) is 0 Å². The van der Waals surface area contributed by atoms with E-state index in [1.807, 2.05) is 32.0 Å². The van der Waals surface area contributed by atoms with Crippen molar-refractivity contribution < 1.29 is 13.9 Å². The molecule has 2 aliphatic heterocycles. The maximum absolute atomic E-state index is 14.6. The number of hydrogen-bond donors (Lipinski definition) is 1. The van der Waals surface area contributed by atoms with E-state index in [4.69, 9.17) is 4.74 Å². The smallest absolute Gasteiger partial charge is 0.254 e. The van der Waals surface area contributed by atoms with Crippen LogP contribution in [0.1, 0.15) is 68.3 Å². The molecule has 2 aromatic carbocycles. The summed E-state index contributed by atoms with van der Waals surface area (Å²) in [6.07, 6.45) is 8.36. The predicted molar refractivity (Wildman–Crippen MR) is 125 cm³/mol. The molecule has 1 N–H and O–H groups in total. The lowest BCUT2D eigenvalue weighted by Crippen LogP contribution is -2.53. The van der Waals surface area contributed by atoms with E-state index in [0.717, 1.165) is 61.7 Å². The SMILES string of the molecule is CC(C)NC(=O)c1ccc(-c2ccc3c(c2)CCC2(CCN(C4CCC4)CC2)O3)cc1F. The van der Waals surface area contributed by atoms with Crippen LogP contribution in [0.2, 0.25) is 0 Å². The summed E-state index contributed by atoms with van der Waals surface area (Å²) in [5.74, 6) is 0.105. The second-order valence-electron chi connectivity index (χ2n) is 10.1. The molecule has 4 nitrogen and oxygen atoms in total. The summed E-state index contributed by atoms with van der Waals surface area (Å²) >= 11 is 0. The van der Waals surface area contributed by atoms with E-state index < -0.39 is 5.82 Å². The van der Waals surface area contributed by atoms with Crippen molar-refractivity contribution >= 4 is 5.91 Å². The molecule has 3 aliphatic rings. The number of carbonyl (C=O) groups excluding carboxylic acids is 1. The average Bonchev–Trinajstić information content (AvgIpc) is 2.73. The quantitative estimate of drug-likeness (QED) is 0.703. The number of halogens is 1. The van der Waals surface area contributed by atoms with Gasteiger partial charge < -0.3 is 15.0 Å². The van der Waals surface area contributed by atoms with Gasteiger partial charge in [-0.2, -0.15) is 0 Å². The van der Waals surface area contributed by atoms with Crippen LogP contribution in [0.5, 0.6) is 5.75 Å². The fourth-order valence-electron chi connectivity index (χ4n) is 5.32. The molecule has 0 atom stereocenters. The van der Waals surface area contributed by atoms with Crippen molar-refractivity contribution in [2.75, 3.05) is 13.1 Å². The van der Waals surface area contributed by atoms with Gasteiger partial charge in [-0.25, -0.2) is 4.39 Å². The third kappa shape index (κ3) is 4.15. The highest BCUT2D eigenvalue weighted by Gasteiger charge is 2.41. The molecule has 5 heteroatoms. The number of carbonyl (C=O) groups is 1. The Labute approximate surface area is 190 Å². The van der Waals surface area contributed by atoms with Crippen LogP contribution in [0.15, 0.2) is 36.4 Å². The maximum Gasteiger partial charge on any atom is 0.254 e.